The summed E-state index contributed by atoms with van der Waals surface area (Å²) in [5.74, 6) is 1.60. The molecule has 1 aliphatic heterocycles. The Morgan fingerprint density at radius 3 is 2.71 bits per heavy atom. The number of hydrogen-bond acceptors (Lipinski definition) is 3. The normalized spacial score (nSPS) is 24.7. The van der Waals surface area contributed by atoms with Crippen LogP contribution in [-0.2, 0) is 0 Å². The highest BCUT2D eigenvalue weighted by Crippen LogP contribution is 2.40. The van der Waals surface area contributed by atoms with Crippen LogP contribution >= 0.6 is 11.3 Å². The highest BCUT2D eigenvalue weighted by Gasteiger charge is 2.39. The van der Waals surface area contributed by atoms with Crippen LogP contribution in [0.1, 0.15) is 34.5 Å². The van der Waals surface area contributed by atoms with Gasteiger partial charge in [-0.05, 0) is 43.7 Å². The summed E-state index contributed by atoms with van der Waals surface area (Å²) in [6.45, 7) is 3.91. The Balaban J connectivity index is 1.67. The zero-order chi connectivity index (χ0) is 14.6. The monoisotopic (exact) mass is 300 g/mol. The van der Waals surface area contributed by atoms with Gasteiger partial charge in [-0.15, -0.1) is 11.3 Å². The van der Waals surface area contributed by atoms with Gasteiger partial charge < -0.3 is 10.6 Å². The lowest BCUT2D eigenvalue weighted by Crippen LogP contribution is -2.29. The van der Waals surface area contributed by atoms with Crippen LogP contribution in [-0.4, -0.2) is 23.9 Å². The lowest BCUT2D eigenvalue weighted by Gasteiger charge is -2.16. The van der Waals surface area contributed by atoms with Gasteiger partial charge in [-0.25, -0.2) is 0 Å². The first-order valence-electron chi connectivity index (χ1n) is 7.71. The molecule has 3 nitrogen and oxygen atoms in total. The summed E-state index contributed by atoms with van der Waals surface area (Å²) in [5.41, 5.74) is 8.10. The Morgan fingerprint density at radius 2 is 2.00 bits per heavy atom. The molecule has 2 unspecified atom stereocenters. The Morgan fingerprint density at radius 1 is 1.29 bits per heavy atom. The minimum absolute atomic E-state index is 0.140. The molecule has 1 saturated carbocycles. The number of benzene rings is 1. The number of carbonyl (C=O) groups excluding carboxylic acids is 1. The molecule has 1 aromatic carbocycles. The second-order valence-corrected chi connectivity index (χ2v) is 7.56. The van der Waals surface area contributed by atoms with Crippen molar-refractivity contribution < 1.29 is 4.79 Å². The molecule has 2 aliphatic rings. The van der Waals surface area contributed by atoms with E-state index in [0.29, 0.717) is 5.69 Å². The zero-order valence-corrected chi connectivity index (χ0v) is 13.1. The van der Waals surface area contributed by atoms with E-state index in [-0.39, 0.29) is 5.91 Å². The van der Waals surface area contributed by atoms with Crippen molar-refractivity contribution in [1.82, 2.24) is 4.90 Å². The van der Waals surface area contributed by atoms with Crippen LogP contribution in [0.4, 0.5) is 5.69 Å². The lowest BCUT2D eigenvalue weighted by molar-refractivity contribution is 0.0786. The average molecular weight is 300 g/mol. The number of fused-ring (bicyclic) bond motifs is 2. The number of hydrogen-bond donors (Lipinski definition) is 1. The molecule has 1 aliphatic carbocycles. The van der Waals surface area contributed by atoms with Gasteiger partial charge in [-0.3, -0.25) is 4.79 Å². The second kappa shape index (κ2) is 4.73. The van der Waals surface area contributed by atoms with Gasteiger partial charge in [0.1, 0.15) is 4.88 Å². The molecule has 21 heavy (non-hydrogen) atoms. The fourth-order valence-corrected chi connectivity index (χ4v) is 5.01. The van der Waals surface area contributed by atoms with E-state index < -0.39 is 0 Å². The van der Waals surface area contributed by atoms with Crippen molar-refractivity contribution >= 4 is 33.0 Å². The maximum absolute atomic E-state index is 12.8. The van der Waals surface area contributed by atoms with Crippen molar-refractivity contribution in [3.8, 4) is 0 Å². The standard InChI is InChI=1S/C17H20N2OS/c1-10-5-6-14-13(7-10)15(18)16(21-14)17(20)19-8-11-3-2-4-12(11)9-19/h5-7,11-12H,2-4,8-9,18H2,1H3. The molecule has 110 valence electrons. The first-order valence-corrected chi connectivity index (χ1v) is 8.53. The van der Waals surface area contributed by atoms with Gasteiger partial charge in [-0.1, -0.05) is 18.1 Å². The molecule has 0 radical (unpaired) electrons. The van der Waals surface area contributed by atoms with Crippen LogP contribution in [0.3, 0.4) is 0 Å². The summed E-state index contributed by atoms with van der Waals surface area (Å²) in [4.78, 5) is 15.6. The minimum Gasteiger partial charge on any atom is -0.397 e. The van der Waals surface area contributed by atoms with Gasteiger partial charge in [-0.2, -0.15) is 0 Å². The van der Waals surface area contributed by atoms with E-state index in [1.165, 1.54) is 36.2 Å². The van der Waals surface area contributed by atoms with E-state index in [4.69, 9.17) is 5.73 Å². The number of aryl methyl sites for hydroxylation is 1. The molecule has 1 amide bonds. The van der Waals surface area contributed by atoms with Crippen molar-refractivity contribution in [3.63, 3.8) is 0 Å². The summed E-state index contributed by atoms with van der Waals surface area (Å²) in [6.07, 6.45) is 3.91. The number of nitrogens with two attached hydrogens (primary N) is 1. The maximum Gasteiger partial charge on any atom is 0.266 e. The molecule has 1 saturated heterocycles. The van der Waals surface area contributed by atoms with Crippen molar-refractivity contribution in [1.29, 1.82) is 0 Å². The van der Waals surface area contributed by atoms with Gasteiger partial charge >= 0.3 is 0 Å². The molecular formula is C17H20N2OS. The summed E-state index contributed by atoms with van der Waals surface area (Å²) in [5, 5.41) is 1.03. The third-order valence-corrected chi connectivity index (χ3v) is 6.26. The van der Waals surface area contributed by atoms with Crippen molar-refractivity contribution in [2.45, 2.75) is 26.2 Å². The number of nitrogens with zero attached hydrogens (tertiary/aromatic N) is 1. The van der Waals surface area contributed by atoms with Crippen LogP contribution in [0.5, 0.6) is 0 Å². The quantitative estimate of drug-likeness (QED) is 0.873. The molecule has 4 rings (SSSR count). The molecule has 0 bridgehead atoms. The SMILES string of the molecule is Cc1ccc2sc(C(=O)N3CC4CCCC4C3)c(N)c2c1. The Bertz CT molecular complexity index is 709. The first-order chi connectivity index (χ1) is 10.1. The third kappa shape index (κ3) is 2.04. The van der Waals surface area contributed by atoms with Crippen LogP contribution in [0, 0.1) is 18.8 Å². The van der Waals surface area contributed by atoms with Crippen LogP contribution < -0.4 is 5.73 Å². The summed E-state index contributed by atoms with van der Waals surface area (Å²) in [6, 6.07) is 6.23. The van der Waals surface area contributed by atoms with Gasteiger partial charge in [0.2, 0.25) is 0 Å². The average Bonchev–Trinajstić information content (AvgIpc) is 3.12. The van der Waals surface area contributed by atoms with E-state index in [1.807, 2.05) is 4.90 Å². The second-order valence-electron chi connectivity index (χ2n) is 6.51. The van der Waals surface area contributed by atoms with E-state index in [9.17, 15) is 4.79 Å². The molecular weight excluding hydrogens is 280 g/mol. The number of amides is 1. The zero-order valence-electron chi connectivity index (χ0n) is 12.3. The van der Waals surface area contributed by atoms with E-state index in [1.54, 1.807) is 0 Å². The summed E-state index contributed by atoms with van der Waals surface area (Å²) >= 11 is 1.54. The predicted molar refractivity (Wildman–Crippen MR) is 87.7 cm³/mol. The van der Waals surface area contributed by atoms with E-state index >= 15 is 0 Å². The van der Waals surface area contributed by atoms with E-state index in [2.05, 4.69) is 25.1 Å². The minimum atomic E-state index is 0.140. The summed E-state index contributed by atoms with van der Waals surface area (Å²) < 4.78 is 1.11. The van der Waals surface area contributed by atoms with Gasteiger partial charge in [0.05, 0.1) is 5.69 Å². The van der Waals surface area contributed by atoms with Crippen LogP contribution in [0.2, 0.25) is 0 Å². The number of likely N-dealkylation sites (tertiary alicyclic amines) is 1. The maximum atomic E-state index is 12.8. The van der Waals surface area contributed by atoms with Gasteiger partial charge in [0.25, 0.3) is 5.91 Å². The molecule has 0 spiro atoms. The smallest absolute Gasteiger partial charge is 0.266 e. The van der Waals surface area contributed by atoms with E-state index in [0.717, 1.165) is 39.9 Å². The Kier molecular flexibility index (Phi) is 2.96. The highest BCUT2D eigenvalue weighted by molar-refractivity contribution is 7.21. The molecule has 2 fully saturated rings. The molecule has 1 aromatic heterocycles. The Hall–Kier alpha value is -1.55. The molecule has 2 N–H and O–H groups in total. The van der Waals surface area contributed by atoms with Gasteiger partial charge in [0, 0.05) is 23.2 Å². The van der Waals surface area contributed by atoms with Crippen molar-refractivity contribution in [3.05, 3.63) is 28.6 Å². The molecule has 2 heterocycles. The number of carbonyl (C=O) groups is 1. The topological polar surface area (TPSA) is 46.3 Å². The number of nitrogen functional groups attached to an aromatic ring is 1. The third-order valence-electron chi connectivity index (χ3n) is 5.09. The number of anilines is 1. The number of thiophene rings is 1. The summed E-state index contributed by atoms with van der Waals surface area (Å²) in [7, 11) is 0. The largest absolute Gasteiger partial charge is 0.397 e. The molecule has 2 atom stereocenters. The number of rotatable bonds is 1. The molecule has 2 aromatic rings. The Labute approximate surface area is 128 Å². The fourth-order valence-electron chi connectivity index (χ4n) is 3.93. The highest BCUT2D eigenvalue weighted by atomic mass is 32.1. The van der Waals surface area contributed by atoms with Gasteiger partial charge in [0.15, 0.2) is 0 Å². The fraction of sp³-hybridized carbons (Fsp3) is 0.471. The first kappa shape index (κ1) is 13.1. The predicted octanol–water partition coefficient (Wildman–Crippen LogP) is 3.66. The van der Waals surface area contributed by atoms with Crippen molar-refractivity contribution in [2.75, 3.05) is 18.8 Å². The van der Waals surface area contributed by atoms with Crippen LogP contribution in [0.15, 0.2) is 18.2 Å². The molecule has 4 heteroatoms. The van der Waals surface area contributed by atoms with Crippen molar-refractivity contribution in [2.24, 2.45) is 11.8 Å². The lowest BCUT2D eigenvalue weighted by atomic mass is 10.0. The van der Waals surface area contributed by atoms with Crippen LogP contribution in [0.25, 0.3) is 10.1 Å².